The van der Waals surface area contributed by atoms with Gasteiger partial charge in [0, 0.05) is 0 Å². The van der Waals surface area contributed by atoms with Gasteiger partial charge < -0.3 is 4.42 Å². The Morgan fingerprint density at radius 2 is 2.11 bits per heavy atom. The molecule has 0 unspecified atom stereocenters. The maximum atomic E-state index is 11.5. The molecule has 0 spiro atoms. The highest BCUT2D eigenvalue weighted by molar-refractivity contribution is 4.84. The molecule has 0 aliphatic carbocycles. The number of aromatic nitrogens is 1. The Hall–Kier alpha value is -1.00. The van der Waals surface area contributed by atoms with Crippen molar-refractivity contribution in [2.24, 2.45) is 0 Å². The Morgan fingerprint density at radius 1 is 1.44 bits per heavy atom. The smallest absolute Gasteiger partial charge is 0.441 e. The first-order valence-corrected chi connectivity index (χ1v) is 2.07. The summed E-state index contributed by atoms with van der Waals surface area (Å²) in [5.74, 6) is -1.21. The second-order valence-corrected chi connectivity index (χ2v) is 1.34. The molecule has 5 heteroatoms. The lowest BCUT2D eigenvalue weighted by Gasteiger charge is -1.96. The lowest BCUT2D eigenvalue weighted by molar-refractivity contribution is -0.157. The second kappa shape index (κ2) is 1.75. The number of hydrogen-bond donors (Lipinski definition) is 0. The predicted octanol–water partition coefficient (Wildman–Crippen LogP) is 1.69. The van der Waals surface area contributed by atoms with E-state index in [1.807, 2.05) is 0 Å². The minimum atomic E-state index is -4.45. The van der Waals surface area contributed by atoms with Crippen molar-refractivity contribution in [1.82, 2.24) is 4.98 Å². The molecule has 0 aliphatic rings. The fourth-order valence-corrected chi connectivity index (χ4v) is 0.363. The van der Waals surface area contributed by atoms with Crippen molar-refractivity contribution >= 4 is 0 Å². The molecule has 0 radical (unpaired) electrons. The van der Waals surface area contributed by atoms with Crippen LogP contribution in [0.2, 0.25) is 0 Å². The van der Waals surface area contributed by atoms with E-state index in [2.05, 4.69) is 9.40 Å². The second-order valence-electron chi connectivity index (χ2n) is 1.34. The van der Waals surface area contributed by atoms with E-state index in [1.165, 1.54) is 0 Å². The van der Waals surface area contributed by atoms with Gasteiger partial charge in [0.2, 0.25) is 0 Å². The topological polar surface area (TPSA) is 26.0 Å². The van der Waals surface area contributed by atoms with Crippen LogP contribution in [-0.4, -0.2) is 4.98 Å². The number of halogens is 3. The minimum absolute atomic E-state index is 0.878. The summed E-state index contributed by atoms with van der Waals surface area (Å²) in [6.45, 7) is 0. The average Bonchev–Trinajstić information content (AvgIpc) is 2.08. The quantitative estimate of drug-likeness (QED) is 0.543. The van der Waals surface area contributed by atoms with Gasteiger partial charge in [-0.2, -0.15) is 13.2 Å². The molecular formula is C4H2F3NO. The third-order valence-electron chi connectivity index (χ3n) is 0.675. The summed E-state index contributed by atoms with van der Waals surface area (Å²) in [5.41, 5.74) is 0. The standard InChI is InChI=1S/C4H2F3NO/c5-4(6,7)3-8-1-2-9-3/h1-2H. The van der Waals surface area contributed by atoms with E-state index < -0.39 is 12.1 Å². The Kier molecular flexibility index (Phi) is 1.19. The molecule has 1 aromatic heterocycles. The fourth-order valence-electron chi connectivity index (χ4n) is 0.363. The van der Waals surface area contributed by atoms with E-state index in [9.17, 15) is 13.2 Å². The van der Waals surface area contributed by atoms with Crippen LogP contribution in [-0.2, 0) is 6.18 Å². The zero-order valence-electron chi connectivity index (χ0n) is 4.14. The molecule has 1 heterocycles. The largest absolute Gasteiger partial charge is 0.468 e. The third-order valence-corrected chi connectivity index (χ3v) is 0.675. The first-order valence-electron chi connectivity index (χ1n) is 2.07. The van der Waals surface area contributed by atoms with Crippen molar-refractivity contribution in [3.05, 3.63) is 18.4 Å². The van der Waals surface area contributed by atoms with Gasteiger partial charge in [-0.05, 0) is 0 Å². The van der Waals surface area contributed by atoms with Gasteiger partial charge in [-0.15, -0.1) is 0 Å². The number of hydrogen-bond acceptors (Lipinski definition) is 2. The van der Waals surface area contributed by atoms with Crippen LogP contribution in [0.5, 0.6) is 0 Å². The van der Waals surface area contributed by atoms with Crippen LogP contribution < -0.4 is 0 Å². The lowest BCUT2D eigenvalue weighted by Crippen LogP contribution is -2.04. The summed E-state index contributed by atoms with van der Waals surface area (Å²) in [6.07, 6.45) is -2.63. The molecule has 0 saturated heterocycles. The Labute approximate surface area is 48.3 Å². The van der Waals surface area contributed by atoms with Gasteiger partial charge in [0.1, 0.15) is 6.26 Å². The van der Waals surface area contributed by atoms with Crippen molar-refractivity contribution in [2.75, 3.05) is 0 Å². The summed E-state index contributed by atoms with van der Waals surface area (Å²) in [5, 5.41) is 0. The van der Waals surface area contributed by atoms with Gasteiger partial charge in [0.05, 0.1) is 6.20 Å². The predicted molar refractivity (Wildman–Crippen MR) is 21.5 cm³/mol. The van der Waals surface area contributed by atoms with Crippen LogP contribution in [0.4, 0.5) is 13.2 Å². The normalized spacial score (nSPS) is 11.9. The van der Waals surface area contributed by atoms with E-state index >= 15 is 0 Å². The van der Waals surface area contributed by atoms with Crippen LogP contribution in [0.25, 0.3) is 0 Å². The van der Waals surface area contributed by atoms with Crippen molar-refractivity contribution < 1.29 is 17.6 Å². The van der Waals surface area contributed by atoms with Crippen molar-refractivity contribution in [3.8, 4) is 0 Å². The van der Waals surface area contributed by atoms with Gasteiger partial charge >= 0.3 is 12.1 Å². The van der Waals surface area contributed by atoms with E-state index in [0.717, 1.165) is 12.5 Å². The van der Waals surface area contributed by atoms with E-state index in [1.54, 1.807) is 0 Å². The third kappa shape index (κ3) is 1.22. The molecule has 9 heavy (non-hydrogen) atoms. The lowest BCUT2D eigenvalue weighted by atomic mass is 10.7. The van der Waals surface area contributed by atoms with Gasteiger partial charge in [-0.25, -0.2) is 4.98 Å². The first kappa shape index (κ1) is 6.12. The Morgan fingerprint density at radius 3 is 2.33 bits per heavy atom. The number of nitrogens with zero attached hydrogens (tertiary/aromatic N) is 1. The molecule has 0 bridgehead atoms. The molecule has 0 saturated carbocycles. The summed E-state index contributed by atoms with van der Waals surface area (Å²) in [6, 6.07) is 0. The highest BCUT2D eigenvalue weighted by Gasteiger charge is 2.36. The SMILES string of the molecule is FC(F)(F)c1ncco1. The summed E-state index contributed by atoms with van der Waals surface area (Å²) < 4.78 is 38.4. The van der Waals surface area contributed by atoms with Crippen LogP contribution in [0.15, 0.2) is 16.9 Å². The minimum Gasteiger partial charge on any atom is -0.441 e. The number of rotatable bonds is 0. The zero-order valence-corrected chi connectivity index (χ0v) is 4.14. The van der Waals surface area contributed by atoms with Gasteiger partial charge in [0.25, 0.3) is 0 Å². The molecule has 0 aliphatic heterocycles. The van der Waals surface area contributed by atoms with Crippen LogP contribution in [0.3, 0.4) is 0 Å². The number of alkyl halides is 3. The summed E-state index contributed by atoms with van der Waals surface area (Å²) >= 11 is 0. The summed E-state index contributed by atoms with van der Waals surface area (Å²) in [4.78, 5) is 2.90. The van der Waals surface area contributed by atoms with Gasteiger partial charge in [-0.3, -0.25) is 0 Å². The maximum absolute atomic E-state index is 11.5. The summed E-state index contributed by atoms with van der Waals surface area (Å²) in [7, 11) is 0. The van der Waals surface area contributed by atoms with Crippen LogP contribution in [0, 0.1) is 0 Å². The van der Waals surface area contributed by atoms with E-state index in [4.69, 9.17) is 0 Å². The molecule has 1 rings (SSSR count). The highest BCUT2D eigenvalue weighted by Crippen LogP contribution is 2.26. The van der Waals surface area contributed by atoms with Gasteiger partial charge in [-0.1, -0.05) is 0 Å². The molecule has 0 atom stereocenters. The fraction of sp³-hybridized carbons (Fsp3) is 0.250. The average molecular weight is 137 g/mol. The van der Waals surface area contributed by atoms with Crippen LogP contribution >= 0.6 is 0 Å². The van der Waals surface area contributed by atoms with Crippen molar-refractivity contribution in [1.29, 1.82) is 0 Å². The van der Waals surface area contributed by atoms with E-state index in [0.29, 0.717) is 0 Å². The molecular weight excluding hydrogens is 135 g/mol. The first-order chi connectivity index (χ1) is 4.11. The highest BCUT2D eigenvalue weighted by atomic mass is 19.4. The Bertz CT molecular complexity index is 178. The van der Waals surface area contributed by atoms with Crippen molar-refractivity contribution in [2.45, 2.75) is 6.18 Å². The molecule has 0 N–H and O–H groups in total. The monoisotopic (exact) mass is 137 g/mol. The molecule has 1 aromatic rings. The molecule has 0 aromatic carbocycles. The maximum Gasteiger partial charge on any atom is 0.468 e. The van der Waals surface area contributed by atoms with Crippen LogP contribution in [0.1, 0.15) is 5.89 Å². The van der Waals surface area contributed by atoms with Crippen molar-refractivity contribution in [3.63, 3.8) is 0 Å². The van der Waals surface area contributed by atoms with E-state index in [-0.39, 0.29) is 0 Å². The Balaban J connectivity index is 2.90. The molecule has 0 fully saturated rings. The zero-order chi connectivity index (χ0) is 6.91. The molecule has 0 amide bonds. The number of oxazole rings is 1. The molecule has 2 nitrogen and oxygen atoms in total. The molecule has 50 valence electrons. The van der Waals surface area contributed by atoms with Gasteiger partial charge in [0.15, 0.2) is 0 Å².